The van der Waals surface area contributed by atoms with Crippen molar-refractivity contribution in [2.24, 2.45) is 0 Å². The van der Waals surface area contributed by atoms with Crippen molar-refractivity contribution in [3.8, 4) is 11.8 Å². The fourth-order valence-corrected chi connectivity index (χ4v) is 3.95. The van der Waals surface area contributed by atoms with Gasteiger partial charge in [-0.3, -0.25) is 4.79 Å². The van der Waals surface area contributed by atoms with Crippen LogP contribution in [0.15, 0.2) is 24.3 Å². The fourth-order valence-electron chi connectivity index (χ4n) is 3.95. The Kier molecular flexibility index (Phi) is 5.37. The van der Waals surface area contributed by atoms with Crippen molar-refractivity contribution in [1.29, 1.82) is 5.26 Å². The molecule has 0 aromatic heterocycles. The summed E-state index contributed by atoms with van der Waals surface area (Å²) >= 11 is 0. The van der Waals surface area contributed by atoms with Crippen LogP contribution < -0.4 is 4.74 Å². The van der Waals surface area contributed by atoms with Crippen LogP contribution >= 0.6 is 0 Å². The second-order valence-corrected chi connectivity index (χ2v) is 6.75. The highest BCUT2D eigenvalue weighted by atomic mass is 16.5. The van der Waals surface area contributed by atoms with E-state index in [-0.39, 0.29) is 12.5 Å². The van der Waals surface area contributed by atoms with Crippen molar-refractivity contribution in [2.75, 3.05) is 26.7 Å². The van der Waals surface area contributed by atoms with E-state index in [1.807, 2.05) is 29.2 Å². The number of rotatable bonds is 5. The van der Waals surface area contributed by atoms with E-state index < -0.39 is 0 Å². The van der Waals surface area contributed by atoms with Gasteiger partial charge in [-0.05, 0) is 57.0 Å². The molecular formula is C19H25N3O2. The molecule has 0 aliphatic carbocycles. The highest BCUT2D eigenvalue weighted by molar-refractivity contribution is 5.78. The molecular weight excluding hydrogens is 302 g/mol. The smallest absolute Gasteiger partial charge is 0.260 e. The summed E-state index contributed by atoms with van der Waals surface area (Å²) in [7, 11) is 2.16. The molecule has 0 bridgehead atoms. The minimum absolute atomic E-state index is 0.0823. The molecule has 24 heavy (non-hydrogen) atoms. The normalized spacial score (nSPS) is 24.1. The van der Waals surface area contributed by atoms with Crippen molar-refractivity contribution in [2.45, 2.75) is 44.2 Å². The lowest BCUT2D eigenvalue weighted by molar-refractivity contribution is -0.135. The zero-order valence-electron chi connectivity index (χ0n) is 14.3. The molecule has 5 heteroatoms. The van der Waals surface area contributed by atoms with Gasteiger partial charge >= 0.3 is 0 Å². The van der Waals surface area contributed by atoms with Crippen LogP contribution in [0.3, 0.4) is 0 Å². The fraction of sp³-hybridized carbons (Fsp3) is 0.579. The van der Waals surface area contributed by atoms with E-state index in [1.165, 1.54) is 12.8 Å². The van der Waals surface area contributed by atoms with Gasteiger partial charge in [-0.25, -0.2) is 0 Å². The number of likely N-dealkylation sites (tertiary alicyclic amines) is 2. The SMILES string of the molecule is CN1CCC[C@@H]1[C@@H]1CCCN1C(=O)COc1ccc(CC#N)cc1. The van der Waals surface area contributed by atoms with Crippen molar-refractivity contribution < 1.29 is 9.53 Å². The zero-order chi connectivity index (χ0) is 16.9. The lowest BCUT2D eigenvalue weighted by Gasteiger charge is -2.33. The highest BCUT2D eigenvalue weighted by Gasteiger charge is 2.38. The number of carbonyl (C=O) groups excluding carboxylic acids is 1. The molecule has 1 aromatic carbocycles. The molecule has 0 radical (unpaired) electrons. The molecule has 2 saturated heterocycles. The molecule has 3 rings (SSSR count). The second kappa shape index (κ2) is 7.67. The lowest BCUT2D eigenvalue weighted by Crippen LogP contribution is -2.48. The van der Waals surface area contributed by atoms with Gasteiger partial charge in [0.25, 0.3) is 5.91 Å². The number of nitriles is 1. The minimum atomic E-state index is 0.0823. The third-order valence-corrected chi connectivity index (χ3v) is 5.21. The van der Waals surface area contributed by atoms with Crippen LogP contribution in [0.25, 0.3) is 0 Å². The highest BCUT2D eigenvalue weighted by Crippen LogP contribution is 2.29. The van der Waals surface area contributed by atoms with Crippen LogP contribution in [0.4, 0.5) is 0 Å². The predicted molar refractivity (Wildman–Crippen MR) is 91.6 cm³/mol. The van der Waals surface area contributed by atoms with Gasteiger partial charge < -0.3 is 14.5 Å². The minimum Gasteiger partial charge on any atom is -0.484 e. The molecule has 0 spiro atoms. The summed E-state index contributed by atoms with van der Waals surface area (Å²) in [6.07, 6.45) is 4.99. The number of hydrogen-bond acceptors (Lipinski definition) is 4. The Balaban J connectivity index is 1.55. The Hall–Kier alpha value is -2.06. The topological polar surface area (TPSA) is 56.6 Å². The van der Waals surface area contributed by atoms with Gasteiger partial charge in [0.2, 0.25) is 0 Å². The van der Waals surface area contributed by atoms with E-state index in [4.69, 9.17) is 10.00 Å². The van der Waals surface area contributed by atoms with Crippen LogP contribution in [0.1, 0.15) is 31.2 Å². The standard InChI is InChI=1S/C19H25N3O2/c1-21-12-2-4-17(21)18-5-3-13-22(18)19(23)14-24-16-8-6-15(7-9-16)10-11-20/h6-9,17-18H,2-5,10,12-14H2,1H3/t17-,18+/m1/s1. The molecule has 2 aliphatic rings. The number of hydrogen-bond donors (Lipinski definition) is 0. The number of amides is 1. The average Bonchev–Trinajstić information content (AvgIpc) is 3.22. The Bertz CT molecular complexity index is 608. The largest absolute Gasteiger partial charge is 0.484 e. The first-order valence-electron chi connectivity index (χ1n) is 8.77. The number of benzene rings is 1. The van der Waals surface area contributed by atoms with E-state index in [0.29, 0.717) is 24.3 Å². The molecule has 2 heterocycles. The van der Waals surface area contributed by atoms with Crippen molar-refractivity contribution >= 4 is 5.91 Å². The molecule has 2 fully saturated rings. The first-order valence-corrected chi connectivity index (χ1v) is 8.77. The maximum absolute atomic E-state index is 12.6. The summed E-state index contributed by atoms with van der Waals surface area (Å²) in [4.78, 5) is 17.0. The molecule has 2 aliphatic heterocycles. The summed E-state index contributed by atoms with van der Waals surface area (Å²) in [5.41, 5.74) is 0.958. The maximum atomic E-state index is 12.6. The van der Waals surface area contributed by atoms with Gasteiger partial charge in [0, 0.05) is 18.6 Å². The molecule has 0 N–H and O–H groups in total. The summed E-state index contributed by atoms with van der Waals surface area (Å²) in [5, 5.41) is 8.68. The van der Waals surface area contributed by atoms with E-state index in [1.54, 1.807) is 0 Å². The first-order chi connectivity index (χ1) is 11.7. The molecule has 128 valence electrons. The quantitative estimate of drug-likeness (QED) is 0.832. The molecule has 1 aromatic rings. The lowest BCUT2D eigenvalue weighted by atomic mass is 10.0. The van der Waals surface area contributed by atoms with E-state index in [2.05, 4.69) is 18.0 Å². The number of carbonyl (C=O) groups is 1. The van der Waals surface area contributed by atoms with Crippen LogP contribution in [-0.4, -0.2) is 54.5 Å². The van der Waals surface area contributed by atoms with Gasteiger partial charge in [-0.1, -0.05) is 12.1 Å². The molecule has 0 unspecified atom stereocenters. The first kappa shape index (κ1) is 16.8. The third kappa shape index (κ3) is 3.70. The monoisotopic (exact) mass is 327 g/mol. The van der Waals surface area contributed by atoms with Crippen LogP contribution in [0.5, 0.6) is 5.75 Å². The zero-order valence-corrected chi connectivity index (χ0v) is 14.3. The molecule has 1 amide bonds. The summed E-state index contributed by atoms with van der Waals surface area (Å²) in [5.74, 6) is 0.762. The maximum Gasteiger partial charge on any atom is 0.260 e. The molecule has 5 nitrogen and oxygen atoms in total. The van der Waals surface area contributed by atoms with E-state index >= 15 is 0 Å². The van der Waals surface area contributed by atoms with Gasteiger partial charge in [0.1, 0.15) is 5.75 Å². The summed E-state index contributed by atoms with van der Waals surface area (Å²) in [6.45, 7) is 2.07. The predicted octanol–water partition coefficient (Wildman–Crippen LogP) is 2.22. The third-order valence-electron chi connectivity index (χ3n) is 5.21. The van der Waals surface area contributed by atoms with Crippen molar-refractivity contribution in [3.63, 3.8) is 0 Å². The van der Waals surface area contributed by atoms with Gasteiger partial charge in [0.15, 0.2) is 6.61 Å². The van der Waals surface area contributed by atoms with E-state index in [9.17, 15) is 4.79 Å². The van der Waals surface area contributed by atoms with E-state index in [0.717, 1.165) is 31.5 Å². The Morgan fingerprint density at radius 3 is 2.58 bits per heavy atom. The van der Waals surface area contributed by atoms with Crippen LogP contribution in [0.2, 0.25) is 0 Å². The molecule has 2 atom stereocenters. The van der Waals surface area contributed by atoms with Gasteiger partial charge in [-0.15, -0.1) is 0 Å². The number of nitrogens with zero attached hydrogens (tertiary/aromatic N) is 3. The Morgan fingerprint density at radius 2 is 1.92 bits per heavy atom. The number of ether oxygens (including phenoxy) is 1. The Labute approximate surface area is 143 Å². The summed E-state index contributed by atoms with van der Waals surface area (Å²) in [6, 6.07) is 10.4. The summed E-state index contributed by atoms with van der Waals surface area (Å²) < 4.78 is 5.66. The van der Waals surface area contributed by atoms with Gasteiger partial charge in [-0.2, -0.15) is 5.26 Å². The second-order valence-electron chi connectivity index (χ2n) is 6.75. The van der Waals surface area contributed by atoms with Crippen LogP contribution in [0, 0.1) is 11.3 Å². The number of likely N-dealkylation sites (N-methyl/N-ethyl adjacent to an activating group) is 1. The van der Waals surface area contributed by atoms with Crippen molar-refractivity contribution in [1.82, 2.24) is 9.80 Å². The van der Waals surface area contributed by atoms with Crippen molar-refractivity contribution in [3.05, 3.63) is 29.8 Å². The van der Waals surface area contributed by atoms with Crippen LogP contribution in [-0.2, 0) is 11.2 Å². The average molecular weight is 327 g/mol. The Morgan fingerprint density at radius 1 is 1.21 bits per heavy atom. The van der Waals surface area contributed by atoms with Gasteiger partial charge in [0.05, 0.1) is 12.5 Å². The molecule has 0 saturated carbocycles.